The number of fused-ring (bicyclic) bond motifs is 2. The Morgan fingerprint density at radius 2 is 1.02 bits per heavy atom. The fraction of sp³-hybridized carbons (Fsp3) is 0.195. The number of alkyl halides is 3. The van der Waals surface area contributed by atoms with Crippen LogP contribution < -0.4 is 5.32 Å². The van der Waals surface area contributed by atoms with E-state index in [1.165, 1.54) is 30.3 Å². The molecule has 0 atom stereocenters. The molecule has 0 unspecified atom stereocenters. The highest BCUT2D eigenvalue weighted by Crippen LogP contribution is 2.41. The number of benzene rings is 6. The Balaban J connectivity index is 1.39. The molecule has 3 N–H and O–H groups in total. The highest BCUT2D eigenvalue weighted by molar-refractivity contribution is 7.86. The van der Waals surface area contributed by atoms with E-state index in [2.05, 4.69) is 20.5 Å². The molecule has 0 saturated carbocycles. The van der Waals surface area contributed by atoms with Crippen molar-refractivity contribution in [1.29, 1.82) is 0 Å². The van der Waals surface area contributed by atoms with Gasteiger partial charge in [-0.1, -0.05) is 87.4 Å². The summed E-state index contributed by atoms with van der Waals surface area (Å²) in [6.45, 7) is 5.74. The summed E-state index contributed by atoms with van der Waals surface area (Å²) in [5.74, 6) is -2.31. The molecule has 0 bridgehead atoms. The molecule has 6 aromatic carbocycles. The van der Waals surface area contributed by atoms with Crippen LogP contribution in [0, 0.1) is 6.92 Å². The SMILES string of the molecule is CCCc1cc(-c2ccc(N=Nc3cc(S(=O)(=O)O)c4ccccc4c3NC(=O)C(F)(F)F)c(CCC)c2)ccc1N=Nc1cc(S(=O)(=O)O)c2ccccc2c1C. The zero-order valence-electron chi connectivity index (χ0n) is 31.2. The summed E-state index contributed by atoms with van der Waals surface area (Å²) >= 11 is 0. The van der Waals surface area contributed by atoms with Crippen molar-refractivity contribution in [3.05, 3.63) is 114 Å². The van der Waals surface area contributed by atoms with Gasteiger partial charge in [0.2, 0.25) is 0 Å². The average molecular weight is 832 g/mol. The smallest absolute Gasteiger partial charge is 0.316 e. The largest absolute Gasteiger partial charge is 0.471 e. The zero-order valence-corrected chi connectivity index (χ0v) is 32.9. The molecule has 300 valence electrons. The van der Waals surface area contributed by atoms with E-state index in [0.717, 1.165) is 29.2 Å². The zero-order chi connectivity index (χ0) is 42.0. The summed E-state index contributed by atoms with van der Waals surface area (Å²) < 4.78 is 109. The van der Waals surface area contributed by atoms with Gasteiger partial charge < -0.3 is 5.32 Å². The summed E-state index contributed by atoms with van der Waals surface area (Å²) in [7, 11) is -9.45. The third kappa shape index (κ3) is 8.97. The second-order valence-electron chi connectivity index (χ2n) is 13.4. The summed E-state index contributed by atoms with van der Waals surface area (Å²) in [4.78, 5) is 11.2. The topological polar surface area (TPSA) is 187 Å². The van der Waals surface area contributed by atoms with Crippen LogP contribution in [0.4, 0.5) is 41.6 Å². The van der Waals surface area contributed by atoms with Crippen LogP contribution in [0.3, 0.4) is 0 Å². The lowest BCUT2D eigenvalue weighted by Crippen LogP contribution is -2.30. The molecule has 0 fully saturated rings. The highest BCUT2D eigenvalue weighted by atomic mass is 32.2. The molecule has 58 heavy (non-hydrogen) atoms. The number of hydrogen-bond donors (Lipinski definition) is 3. The van der Waals surface area contributed by atoms with Crippen LogP contribution in [-0.2, 0) is 37.9 Å². The van der Waals surface area contributed by atoms with Gasteiger partial charge in [0.15, 0.2) is 0 Å². The minimum absolute atomic E-state index is 0.116. The van der Waals surface area contributed by atoms with Crippen LogP contribution in [0.2, 0.25) is 0 Å². The van der Waals surface area contributed by atoms with Gasteiger partial charge >= 0.3 is 12.1 Å². The fourth-order valence-electron chi connectivity index (χ4n) is 6.61. The third-order valence-electron chi connectivity index (χ3n) is 9.35. The van der Waals surface area contributed by atoms with Crippen LogP contribution in [0.5, 0.6) is 0 Å². The van der Waals surface area contributed by atoms with Crippen molar-refractivity contribution in [1.82, 2.24) is 0 Å². The van der Waals surface area contributed by atoms with Gasteiger partial charge in [0.1, 0.15) is 15.5 Å². The van der Waals surface area contributed by atoms with E-state index >= 15 is 0 Å². The second kappa shape index (κ2) is 16.5. The van der Waals surface area contributed by atoms with Crippen molar-refractivity contribution in [2.75, 3.05) is 5.32 Å². The Kier molecular flexibility index (Phi) is 11.9. The summed E-state index contributed by atoms with van der Waals surface area (Å²) in [6.07, 6.45) is -2.68. The minimum atomic E-state index is -5.27. The van der Waals surface area contributed by atoms with E-state index in [9.17, 15) is 43.9 Å². The molecule has 0 aliphatic carbocycles. The standard InChI is InChI=1S/C41H36F3N5O7S2/c1-4-10-27-20-25(16-18-33(27)46-48-35-22-37(57(51,52)53)30-13-7-6-12-29(30)24(35)3)26-17-19-34(28(21-26)11-5-2)47-49-36-23-38(58(54,55)56)31-14-8-9-15-32(31)39(36)45-40(50)41(42,43)44/h6-9,12-23H,4-5,10-11H2,1-3H3,(H,45,50)(H,51,52,53)(H,54,55,56). The summed E-state index contributed by atoms with van der Waals surface area (Å²) in [5, 5.41) is 19.8. The Morgan fingerprint density at radius 3 is 1.48 bits per heavy atom. The molecule has 17 heteroatoms. The predicted octanol–water partition coefficient (Wildman–Crippen LogP) is 11.7. The number of amides is 1. The Morgan fingerprint density at radius 1 is 0.603 bits per heavy atom. The van der Waals surface area contributed by atoms with Crippen molar-refractivity contribution in [2.45, 2.75) is 62.4 Å². The molecule has 0 aromatic heterocycles. The van der Waals surface area contributed by atoms with E-state index in [1.54, 1.807) is 54.7 Å². The number of rotatable bonds is 12. The molecule has 0 saturated heterocycles. The monoisotopic (exact) mass is 831 g/mol. The minimum Gasteiger partial charge on any atom is -0.316 e. The maximum Gasteiger partial charge on any atom is 0.471 e. The van der Waals surface area contributed by atoms with E-state index in [4.69, 9.17) is 0 Å². The van der Waals surface area contributed by atoms with Crippen molar-refractivity contribution in [3.63, 3.8) is 0 Å². The third-order valence-corrected chi connectivity index (χ3v) is 11.1. The summed E-state index contributed by atoms with van der Waals surface area (Å²) in [5.41, 5.74) is 4.15. The molecule has 1 amide bonds. The lowest BCUT2D eigenvalue weighted by atomic mass is 9.96. The predicted molar refractivity (Wildman–Crippen MR) is 215 cm³/mol. The number of anilines is 1. The number of nitrogens with zero attached hydrogens (tertiary/aromatic N) is 4. The van der Waals surface area contributed by atoms with E-state index < -0.39 is 48.6 Å². The first kappa shape index (κ1) is 41.7. The molecule has 0 radical (unpaired) electrons. The van der Waals surface area contributed by atoms with Gasteiger partial charge in [0.25, 0.3) is 20.2 Å². The second-order valence-corrected chi connectivity index (χ2v) is 16.1. The summed E-state index contributed by atoms with van der Waals surface area (Å²) in [6, 6.07) is 25.3. The van der Waals surface area contributed by atoms with Crippen LogP contribution in [0.15, 0.2) is 127 Å². The first-order chi connectivity index (χ1) is 27.4. The molecule has 0 aliphatic heterocycles. The lowest BCUT2D eigenvalue weighted by Gasteiger charge is -2.15. The van der Waals surface area contributed by atoms with Gasteiger partial charge in [0, 0.05) is 16.2 Å². The van der Waals surface area contributed by atoms with Crippen molar-refractivity contribution < 1.29 is 43.9 Å². The van der Waals surface area contributed by atoms with Gasteiger partial charge in [-0.2, -0.15) is 45.3 Å². The van der Waals surface area contributed by atoms with Crippen molar-refractivity contribution in [2.24, 2.45) is 20.5 Å². The Hall–Kier alpha value is -5.88. The maximum atomic E-state index is 13.4. The number of hydrogen-bond acceptors (Lipinski definition) is 9. The molecule has 0 heterocycles. The van der Waals surface area contributed by atoms with Gasteiger partial charge in [-0.3, -0.25) is 13.9 Å². The highest BCUT2D eigenvalue weighted by Gasteiger charge is 2.39. The van der Waals surface area contributed by atoms with E-state index in [-0.39, 0.29) is 21.4 Å². The molecule has 0 aliphatic rings. The fourth-order valence-corrected chi connectivity index (χ4v) is 8.04. The van der Waals surface area contributed by atoms with Crippen LogP contribution in [0.1, 0.15) is 43.4 Å². The average Bonchev–Trinajstić information content (AvgIpc) is 3.17. The quantitative estimate of drug-likeness (QED) is 0.0808. The Labute approximate surface area is 332 Å². The van der Waals surface area contributed by atoms with Gasteiger partial charge in [-0.15, -0.1) is 5.11 Å². The first-order valence-corrected chi connectivity index (χ1v) is 20.8. The van der Waals surface area contributed by atoms with Crippen molar-refractivity contribution >= 4 is 76.1 Å². The normalized spacial score (nSPS) is 12.6. The first-order valence-electron chi connectivity index (χ1n) is 17.9. The van der Waals surface area contributed by atoms with E-state index in [1.807, 2.05) is 32.0 Å². The lowest BCUT2D eigenvalue weighted by molar-refractivity contribution is -0.167. The number of nitrogens with one attached hydrogen (secondary N) is 1. The molecule has 6 rings (SSSR count). The number of halogens is 3. The van der Waals surface area contributed by atoms with Gasteiger partial charge in [0.05, 0.1) is 22.7 Å². The Bertz CT molecular complexity index is 2880. The van der Waals surface area contributed by atoms with Crippen LogP contribution >= 0.6 is 0 Å². The number of carbonyl (C=O) groups excluding carboxylic acids is 1. The number of aryl methyl sites for hydroxylation is 3. The van der Waals surface area contributed by atoms with Crippen LogP contribution in [-0.4, -0.2) is 38.0 Å². The van der Waals surface area contributed by atoms with Gasteiger partial charge in [-0.05, 0) is 89.4 Å². The number of carbonyl (C=O) groups is 1. The van der Waals surface area contributed by atoms with Crippen LogP contribution in [0.25, 0.3) is 32.7 Å². The van der Waals surface area contributed by atoms with E-state index in [0.29, 0.717) is 52.5 Å². The van der Waals surface area contributed by atoms with Crippen molar-refractivity contribution in [3.8, 4) is 11.1 Å². The molecular weight excluding hydrogens is 796 g/mol. The van der Waals surface area contributed by atoms with Gasteiger partial charge in [-0.25, -0.2) is 0 Å². The number of azo groups is 2. The molecule has 0 spiro atoms. The molecule has 12 nitrogen and oxygen atoms in total. The molecule has 6 aromatic rings. The molecular formula is C41H36F3N5O7S2. The maximum absolute atomic E-state index is 13.4.